The highest BCUT2D eigenvalue weighted by Crippen LogP contribution is 2.24. The molecule has 1 heterocycles. The molecule has 0 spiro atoms. The fourth-order valence-electron chi connectivity index (χ4n) is 1.40. The van der Waals surface area contributed by atoms with Gasteiger partial charge in [0.05, 0.1) is 11.3 Å². The minimum absolute atomic E-state index is 0.264. The van der Waals surface area contributed by atoms with Crippen LogP contribution in [0.5, 0.6) is 0 Å². The van der Waals surface area contributed by atoms with E-state index in [4.69, 9.17) is 5.73 Å². The number of anilines is 1. The summed E-state index contributed by atoms with van der Waals surface area (Å²) in [5.41, 5.74) is 7.95. The Labute approximate surface area is 91.0 Å². The molecule has 1 aliphatic rings. The summed E-state index contributed by atoms with van der Waals surface area (Å²) >= 11 is -1.48. The summed E-state index contributed by atoms with van der Waals surface area (Å²) in [6, 6.07) is 5.49. The standard InChI is InChI=1S/C10H9N3OS/c1-2-4-7-5-3-6-8-9(7)10(11)13-15(14)12-8/h3,5-6,12H,1H3,(H2,11,13). The van der Waals surface area contributed by atoms with E-state index in [1.807, 2.05) is 12.1 Å². The molecule has 0 radical (unpaired) electrons. The van der Waals surface area contributed by atoms with Crippen molar-refractivity contribution in [3.8, 4) is 11.8 Å². The SMILES string of the molecule is CC#Cc1cccc2c1C(N)=N[S+]([O-])N2. The highest BCUT2D eigenvalue weighted by molar-refractivity contribution is 7.91. The van der Waals surface area contributed by atoms with Gasteiger partial charge in [-0.25, -0.2) is 0 Å². The van der Waals surface area contributed by atoms with E-state index >= 15 is 0 Å². The lowest BCUT2D eigenvalue weighted by atomic mass is 10.1. The first-order valence-corrected chi connectivity index (χ1v) is 5.42. The molecule has 5 heteroatoms. The molecule has 3 N–H and O–H groups in total. The van der Waals surface area contributed by atoms with E-state index in [0.29, 0.717) is 5.69 Å². The number of amidine groups is 1. The van der Waals surface area contributed by atoms with E-state index in [2.05, 4.69) is 21.0 Å². The van der Waals surface area contributed by atoms with Gasteiger partial charge in [0.1, 0.15) is 0 Å². The van der Waals surface area contributed by atoms with E-state index in [-0.39, 0.29) is 5.84 Å². The maximum Gasteiger partial charge on any atom is 0.222 e. The van der Waals surface area contributed by atoms with Crippen LogP contribution in [0.4, 0.5) is 5.69 Å². The third-order valence-electron chi connectivity index (χ3n) is 1.96. The van der Waals surface area contributed by atoms with E-state index in [0.717, 1.165) is 11.1 Å². The Morgan fingerprint density at radius 3 is 3.07 bits per heavy atom. The fraction of sp³-hybridized carbons (Fsp3) is 0.100. The number of nitrogens with one attached hydrogen (secondary N) is 1. The van der Waals surface area contributed by atoms with Gasteiger partial charge in [0.2, 0.25) is 11.5 Å². The molecule has 1 aromatic rings. The molecule has 1 unspecified atom stereocenters. The second-order valence-electron chi connectivity index (χ2n) is 2.93. The molecule has 76 valence electrons. The Hall–Kier alpha value is -1.64. The van der Waals surface area contributed by atoms with Crippen LogP contribution in [0, 0.1) is 11.8 Å². The summed E-state index contributed by atoms with van der Waals surface area (Å²) in [6.45, 7) is 1.75. The van der Waals surface area contributed by atoms with Gasteiger partial charge >= 0.3 is 0 Å². The molecule has 0 bridgehead atoms. The highest BCUT2D eigenvalue weighted by Gasteiger charge is 2.22. The van der Waals surface area contributed by atoms with Crippen molar-refractivity contribution >= 4 is 23.1 Å². The van der Waals surface area contributed by atoms with Crippen LogP contribution in [0.3, 0.4) is 0 Å². The Bertz CT molecular complexity index is 487. The summed E-state index contributed by atoms with van der Waals surface area (Å²) in [4.78, 5) is 0. The van der Waals surface area contributed by atoms with Crippen molar-refractivity contribution in [2.75, 3.05) is 4.72 Å². The van der Waals surface area contributed by atoms with Gasteiger partial charge in [0.15, 0.2) is 5.84 Å². The summed E-state index contributed by atoms with van der Waals surface area (Å²) in [6.07, 6.45) is 0. The molecular weight excluding hydrogens is 210 g/mol. The number of hydrogen-bond acceptors (Lipinski definition) is 4. The van der Waals surface area contributed by atoms with Gasteiger partial charge in [-0.2, -0.15) is 4.72 Å². The van der Waals surface area contributed by atoms with E-state index < -0.39 is 11.5 Å². The average Bonchev–Trinajstić information content (AvgIpc) is 2.17. The first-order valence-electron chi connectivity index (χ1n) is 4.31. The molecule has 4 nitrogen and oxygen atoms in total. The zero-order valence-corrected chi connectivity index (χ0v) is 8.89. The van der Waals surface area contributed by atoms with Gasteiger partial charge < -0.3 is 10.3 Å². The maximum atomic E-state index is 11.2. The summed E-state index contributed by atoms with van der Waals surface area (Å²) in [5.74, 6) is 6.00. The first-order chi connectivity index (χ1) is 7.22. The number of benzene rings is 1. The number of nitrogens with two attached hydrogens (primary N) is 1. The fourth-order valence-corrected chi connectivity index (χ4v) is 2.08. The van der Waals surface area contributed by atoms with Gasteiger partial charge in [0, 0.05) is 5.56 Å². The minimum atomic E-state index is -1.48. The Morgan fingerprint density at radius 2 is 2.33 bits per heavy atom. The molecule has 0 saturated carbocycles. The van der Waals surface area contributed by atoms with Gasteiger partial charge in [-0.3, -0.25) is 0 Å². The number of hydrogen-bond donors (Lipinski definition) is 2. The van der Waals surface area contributed by atoms with Crippen molar-refractivity contribution in [1.82, 2.24) is 0 Å². The van der Waals surface area contributed by atoms with Crippen molar-refractivity contribution < 1.29 is 4.55 Å². The lowest BCUT2D eigenvalue weighted by Gasteiger charge is -2.16. The van der Waals surface area contributed by atoms with E-state index in [1.165, 1.54) is 0 Å². The van der Waals surface area contributed by atoms with Crippen LogP contribution < -0.4 is 10.5 Å². The summed E-state index contributed by atoms with van der Waals surface area (Å²) in [7, 11) is 0. The lowest BCUT2D eigenvalue weighted by molar-refractivity contribution is 0.601. The van der Waals surface area contributed by atoms with Gasteiger partial charge in [-0.05, 0) is 23.5 Å². The van der Waals surface area contributed by atoms with E-state index in [9.17, 15) is 4.55 Å². The second-order valence-corrected chi connectivity index (χ2v) is 3.82. The topological polar surface area (TPSA) is 73.5 Å². The van der Waals surface area contributed by atoms with Gasteiger partial charge in [0.25, 0.3) is 0 Å². The molecule has 2 rings (SSSR count). The molecule has 1 aromatic carbocycles. The van der Waals surface area contributed by atoms with Crippen LogP contribution in [0.2, 0.25) is 0 Å². The maximum absolute atomic E-state index is 11.2. The normalized spacial score (nSPS) is 18.0. The third kappa shape index (κ3) is 1.77. The lowest BCUT2D eigenvalue weighted by Crippen LogP contribution is -2.27. The largest absolute Gasteiger partial charge is 0.566 e. The van der Waals surface area contributed by atoms with Crippen molar-refractivity contribution in [2.45, 2.75) is 6.92 Å². The molecule has 0 amide bonds. The van der Waals surface area contributed by atoms with Crippen LogP contribution >= 0.6 is 0 Å². The number of rotatable bonds is 0. The minimum Gasteiger partial charge on any atom is -0.566 e. The Kier molecular flexibility index (Phi) is 2.54. The first kappa shape index (κ1) is 9.90. The number of nitrogens with zero attached hydrogens (tertiary/aromatic N) is 1. The molecule has 1 aliphatic heterocycles. The molecular formula is C10H9N3OS. The zero-order valence-electron chi connectivity index (χ0n) is 8.07. The average molecular weight is 219 g/mol. The van der Waals surface area contributed by atoms with Crippen LogP contribution in [-0.4, -0.2) is 10.4 Å². The Morgan fingerprint density at radius 1 is 1.53 bits per heavy atom. The predicted molar refractivity (Wildman–Crippen MR) is 61.5 cm³/mol. The van der Waals surface area contributed by atoms with Crippen LogP contribution in [-0.2, 0) is 11.5 Å². The summed E-state index contributed by atoms with van der Waals surface area (Å²) in [5, 5.41) is 0. The van der Waals surface area contributed by atoms with Crippen molar-refractivity contribution in [2.24, 2.45) is 10.1 Å². The van der Waals surface area contributed by atoms with Gasteiger partial charge in [-0.1, -0.05) is 12.0 Å². The molecule has 0 saturated heterocycles. The molecule has 1 atom stereocenters. The second kappa shape index (κ2) is 3.85. The summed E-state index contributed by atoms with van der Waals surface area (Å²) < 4.78 is 17.7. The van der Waals surface area contributed by atoms with Crippen LogP contribution in [0.1, 0.15) is 18.1 Å². The zero-order chi connectivity index (χ0) is 10.8. The molecule has 15 heavy (non-hydrogen) atoms. The van der Waals surface area contributed by atoms with Crippen molar-refractivity contribution in [3.63, 3.8) is 0 Å². The van der Waals surface area contributed by atoms with Crippen LogP contribution in [0.15, 0.2) is 22.6 Å². The van der Waals surface area contributed by atoms with E-state index in [1.54, 1.807) is 13.0 Å². The third-order valence-corrected chi connectivity index (χ3v) is 2.72. The number of fused-ring (bicyclic) bond motifs is 1. The van der Waals surface area contributed by atoms with Crippen molar-refractivity contribution in [1.29, 1.82) is 0 Å². The predicted octanol–water partition coefficient (Wildman–Crippen LogP) is 0.768. The van der Waals surface area contributed by atoms with Crippen molar-refractivity contribution in [3.05, 3.63) is 29.3 Å². The highest BCUT2D eigenvalue weighted by atomic mass is 32.2. The molecule has 0 aliphatic carbocycles. The molecule has 0 fully saturated rings. The monoisotopic (exact) mass is 219 g/mol. The van der Waals surface area contributed by atoms with Gasteiger partial charge in [-0.15, -0.1) is 5.92 Å². The Balaban J connectivity index is 2.62. The smallest absolute Gasteiger partial charge is 0.222 e. The quantitative estimate of drug-likeness (QED) is 0.500. The van der Waals surface area contributed by atoms with Crippen LogP contribution in [0.25, 0.3) is 0 Å². The molecule has 0 aromatic heterocycles.